The monoisotopic (exact) mass is 437 g/mol. The zero-order valence-corrected chi connectivity index (χ0v) is 18.7. The Labute approximate surface area is 183 Å². The lowest BCUT2D eigenvalue weighted by Gasteiger charge is -2.18. The van der Waals surface area contributed by atoms with Gasteiger partial charge in [-0.1, -0.05) is 79.7 Å². The SMILES string of the molecule is CCC(=C(c1ccccc1)c1ccc(OCCN(C)P(=O)(O)O)cc1)c1ccccc1. The standard InChI is InChI=1S/C25H28NO4P/c1-3-24(20-10-6-4-7-11-20)25(21-12-8-5-9-13-21)22-14-16-23(17-15-22)30-19-18-26(2)31(27,28)29/h4-17H,3,18-19H2,1-2H3,(H2,27,28,29). The van der Waals surface area contributed by atoms with Gasteiger partial charge in [0.1, 0.15) is 12.4 Å². The van der Waals surface area contributed by atoms with Crippen molar-refractivity contribution >= 4 is 18.9 Å². The molecule has 31 heavy (non-hydrogen) atoms. The molecular weight excluding hydrogens is 409 g/mol. The summed E-state index contributed by atoms with van der Waals surface area (Å²) in [4.78, 5) is 18.3. The van der Waals surface area contributed by atoms with Crippen LogP contribution in [0.1, 0.15) is 30.0 Å². The third-order valence-electron chi connectivity index (χ3n) is 5.11. The van der Waals surface area contributed by atoms with Gasteiger partial charge in [0.15, 0.2) is 0 Å². The predicted octanol–water partition coefficient (Wildman–Crippen LogP) is 5.46. The minimum absolute atomic E-state index is 0.134. The van der Waals surface area contributed by atoms with Crippen molar-refractivity contribution in [1.29, 1.82) is 0 Å². The van der Waals surface area contributed by atoms with Gasteiger partial charge in [-0.3, -0.25) is 0 Å². The van der Waals surface area contributed by atoms with Crippen LogP contribution in [0.2, 0.25) is 0 Å². The molecule has 0 heterocycles. The van der Waals surface area contributed by atoms with E-state index in [4.69, 9.17) is 14.5 Å². The molecule has 0 saturated heterocycles. The predicted molar refractivity (Wildman–Crippen MR) is 126 cm³/mol. The van der Waals surface area contributed by atoms with Gasteiger partial charge < -0.3 is 14.5 Å². The van der Waals surface area contributed by atoms with Gasteiger partial charge in [-0.2, -0.15) is 0 Å². The van der Waals surface area contributed by atoms with Crippen molar-refractivity contribution in [2.75, 3.05) is 20.2 Å². The Morgan fingerprint density at radius 1 is 0.839 bits per heavy atom. The average molecular weight is 437 g/mol. The van der Waals surface area contributed by atoms with Crippen molar-refractivity contribution in [2.45, 2.75) is 13.3 Å². The van der Waals surface area contributed by atoms with Gasteiger partial charge in [0, 0.05) is 6.54 Å². The maximum atomic E-state index is 11.2. The Bertz CT molecular complexity index is 1040. The first-order valence-corrected chi connectivity index (χ1v) is 11.8. The fourth-order valence-electron chi connectivity index (χ4n) is 3.43. The van der Waals surface area contributed by atoms with Crippen LogP contribution < -0.4 is 4.74 Å². The van der Waals surface area contributed by atoms with E-state index in [0.29, 0.717) is 5.75 Å². The molecule has 0 amide bonds. The summed E-state index contributed by atoms with van der Waals surface area (Å²) in [6.07, 6.45) is 0.890. The van der Waals surface area contributed by atoms with E-state index in [0.717, 1.165) is 22.2 Å². The second-order valence-electron chi connectivity index (χ2n) is 7.21. The van der Waals surface area contributed by atoms with Crippen molar-refractivity contribution in [3.05, 3.63) is 102 Å². The van der Waals surface area contributed by atoms with E-state index >= 15 is 0 Å². The molecule has 6 heteroatoms. The quantitative estimate of drug-likeness (QED) is 0.344. The first-order valence-electron chi connectivity index (χ1n) is 10.2. The molecule has 0 radical (unpaired) electrons. The smallest absolute Gasteiger partial charge is 0.402 e. The molecule has 0 saturated carbocycles. The van der Waals surface area contributed by atoms with Crippen LogP contribution in [0.15, 0.2) is 84.9 Å². The molecule has 0 aromatic heterocycles. The molecule has 3 rings (SSSR count). The lowest BCUT2D eigenvalue weighted by Crippen LogP contribution is -2.21. The summed E-state index contributed by atoms with van der Waals surface area (Å²) in [6, 6.07) is 28.6. The molecule has 3 aromatic carbocycles. The molecule has 5 nitrogen and oxygen atoms in total. The lowest BCUT2D eigenvalue weighted by molar-refractivity contribution is 0.245. The molecule has 0 aliphatic heterocycles. The van der Waals surface area contributed by atoms with Gasteiger partial charge in [-0.25, -0.2) is 9.24 Å². The maximum absolute atomic E-state index is 11.2. The molecule has 0 bridgehead atoms. The largest absolute Gasteiger partial charge is 0.492 e. The van der Waals surface area contributed by atoms with Gasteiger partial charge in [-0.15, -0.1) is 0 Å². The summed E-state index contributed by atoms with van der Waals surface area (Å²) in [5, 5.41) is 0. The zero-order chi connectivity index (χ0) is 22.3. The van der Waals surface area contributed by atoms with Crippen LogP contribution in [0.3, 0.4) is 0 Å². The van der Waals surface area contributed by atoms with E-state index in [1.807, 2.05) is 48.5 Å². The number of nitrogens with zero attached hydrogens (tertiary/aromatic N) is 1. The summed E-state index contributed by atoms with van der Waals surface area (Å²) in [6.45, 7) is 2.49. The van der Waals surface area contributed by atoms with Crippen molar-refractivity contribution in [3.8, 4) is 5.75 Å². The molecule has 2 N–H and O–H groups in total. The third kappa shape index (κ3) is 6.16. The highest BCUT2D eigenvalue weighted by molar-refractivity contribution is 7.49. The molecule has 3 aromatic rings. The van der Waals surface area contributed by atoms with E-state index in [1.165, 1.54) is 23.8 Å². The number of allylic oxidation sites excluding steroid dienone is 1. The van der Waals surface area contributed by atoms with Gasteiger partial charge in [-0.05, 0) is 53.4 Å². The Morgan fingerprint density at radius 2 is 1.35 bits per heavy atom. The molecule has 0 atom stereocenters. The van der Waals surface area contributed by atoms with Crippen LogP contribution in [0.5, 0.6) is 5.75 Å². The summed E-state index contributed by atoms with van der Waals surface area (Å²) >= 11 is 0. The normalized spacial score (nSPS) is 12.5. The van der Waals surface area contributed by atoms with Crippen LogP contribution in [0.25, 0.3) is 11.1 Å². The van der Waals surface area contributed by atoms with Gasteiger partial charge >= 0.3 is 7.75 Å². The van der Waals surface area contributed by atoms with E-state index in [-0.39, 0.29) is 13.2 Å². The highest BCUT2D eigenvalue weighted by atomic mass is 31.2. The summed E-state index contributed by atoms with van der Waals surface area (Å²) in [5.74, 6) is 0.660. The number of benzene rings is 3. The number of rotatable bonds is 9. The number of hydrogen-bond acceptors (Lipinski definition) is 2. The van der Waals surface area contributed by atoms with Crippen LogP contribution in [-0.4, -0.2) is 34.7 Å². The number of likely N-dealkylation sites (N-methyl/N-ethyl adjacent to an activating group) is 1. The lowest BCUT2D eigenvalue weighted by atomic mass is 9.88. The van der Waals surface area contributed by atoms with Crippen molar-refractivity contribution in [3.63, 3.8) is 0 Å². The molecule has 0 fully saturated rings. The molecule has 0 aliphatic rings. The second kappa shape index (κ2) is 10.6. The minimum atomic E-state index is -4.23. The van der Waals surface area contributed by atoms with Crippen molar-refractivity contribution in [2.24, 2.45) is 0 Å². The van der Waals surface area contributed by atoms with Gasteiger partial charge in [0.05, 0.1) is 0 Å². The summed E-state index contributed by atoms with van der Waals surface area (Å²) < 4.78 is 17.9. The fraction of sp³-hybridized carbons (Fsp3) is 0.200. The molecular formula is C25H28NO4P. The van der Waals surface area contributed by atoms with Crippen molar-refractivity contribution < 1.29 is 19.1 Å². The summed E-state index contributed by atoms with van der Waals surface area (Å²) in [7, 11) is -2.85. The van der Waals surface area contributed by atoms with E-state index in [2.05, 4.69) is 43.3 Å². The Kier molecular flexibility index (Phi) is 7.83. The molecule has 0 aliphatic carbocycles. The van der Waals surface area contributed by atoms with Crippen LogP contribution in [-0.2, 0) is 4.57 Å². The van der Waals surface area contributed by atoms with Crippen LogP contribution in [0, 0.1) is 0 Å². The van der Waals surface area contributed by atoms with Crippen molar-refractivity contribution in [1.82, 2.24) is 4.67 Å². The number of ether oxygens (including phenoxy) is 1. The molecule has 0 unspecified atom stereocenters. The highest BCUT2D eigenvalue weighted by Crippen LogP contribution is 2.38. The van der Waals surface area contributed by atoms with Gasteiger partial charge in [0.25, 0.3) is 0 Å². The Hall–Kier alpha value is -2.69. The first-order chi connectivity index (χ1) is 14.9. The minimum Gasteiger partial charge on any atom is -0.492 e. The van der Waals surface area contributed by atoms with Gasteiger partial charge in [0.2, 0.25) is 0 Å². The third-order valence-corrected chi connectivity index (χ3v) is 6.20. The number of hydrogen-bond donors (Lipinski definition) is 2. The molecule has 0 spiro atoms. The van der Waals surface area contributed by atoms with E-state index < -0.39 is 7.75 Å². The first kappa shape index (κ1) is 23.0. The van der Waals surface area contributed by atoms with Crippen LogP contribution in [0.4, 0.5) is 0 Å². The average Bonchev–Trinajstić information content (AvgIpc) is 2.78. The van der Waals surface area contributed by atoms with Crippen LogP contribution >= 0.6 is 7.75 Å². The summed E-state index contributed by atoms with van der Waals surface area (Å²) in [5.41, 5.74) is 5.89. The van der Waals surface area contributed by atoms with E-state index in [1.54, 1.807) is 0 Å². The Balaban J connectivity index is 1.89. The highest BCUT2D eigenvalue weighted by Gasteiger charge is 2.20. The second-order valence-corrected chi connectivity index (χ2v) is 8.92. The van der Waals surface area contributed by atoms with E-state index in [9.17, 15) is 4.57 Å². The zero-order valence-electron chi connectivity index (χ0n) is 17.8. The maximum Gasteiger partial charge on any atom is 0.402 e. The Morgan fingerprint density at radius 3 is 1.87 bits per heavy atom. The molecule has 162 valence electrons. The topological polar surface area (TPSA) is 70.0 Å². The fourth-order valence-corrected chi connectivity index (χ4v) is 3.77.